The molecule has 6 heteroatoms. The molecule has 3 heterocycles. The van der Waals surface area contributed by atoms with Gasteiger partial charge in [-0.05, 0) is 46.1 Å². The van der Waals surface area contributed by atoms with Crippen LogP contribution in [-0.4, -0.2) is 44.7 Å². The Morgan fingerprint density at radius 3 is 2.56 bits per heavy atom. The second-order valence-corrected chi connectivity index (χ2v) is 8.42. The highest BCUT2D eigenvalue weighted by Gasteiger charge is 2.29. The largest absolute Gasteiger partial charge is 0.337 e. The zero-order valence-corrected chi connectivity index (χ0v) is 16.1. The average molecular weight is 343 g/mol. The average Bonchev–Trinajstić information content (AvgIpc) is 3.09. The number of hydrogen-bond donors (Lipinski definition) is 1. The maximum Gasteiger partial charge on any atom is 0.254 e. The number of amides is 1. The molecule has 0 aliphatic carbocycles. The Hall–Kier alpha value is -1.95. The Morgan fingerprint density at radius 1 is 1.36 bits per heavy atom. The quantitative estimate of drug-likeness (QED) is 0.909. The normalized spacial score (nSPS) is 18.6. The smallest absolute Gasteiger partial charge is 0.254 e. The molecule has 0 bridgehead atoms. The van der Waals surface area contributed by atoms with Gasteiger partial charge in [0.25, 0.3) is 5.91 Å². The fraction of sp³-hybridized carbons (Fsp3) is 0.632. The highest BCUT2D eigenvalue weighted by molar-refractivity contribution is 6.06. The van der Waals surface area contributed by atoms with Crippen molar-refractivity contribution in [3.05, 3.63) is 23.0 Å². The fourth-order valence-electron chi connectivity index (χ4n) is 3.38. The van der Waals surface area contributed by atoms with Gasteiger partial charge in [0.05, 0.1) is 22.2 Å². The molecule has 0 saturated carbocycles. The minimum Gasteiger partial charge on any atom is -0.337 e. The summed E-state index contributed by atoms with van der Waals surface area (Å²) in [6.45, 7) is 13.8. The van der Waals surface area contributed by atoms with Crippen molar-refractivity contribution < 1.29 is 4.79 Å². The third-order valence-electron chi connectivity index (χ3n) is 4.80. The first-order valence-electron chi connectivity index (χ1n) is 9.05. The molecule has 1 fully saturated rings. The number of rotatable bonds is 2. The molecule has 0 unspecified atom stereocenters. The lowest BCUT2D eigenvalue weighted by atomic mass is 10.0. The summed E-state index contributed by atoms with van der Waals surface area (Å²) in [5, 5.41) is 5.57. The van der Waals surface area contributed by atoms with Crippen molar-refractivity contribution in [3.8, 4) is 0 Å². The predicted octanol–water partition coefficient (Wildman–Crippen LogP) is 2.79. The number of pyridine rings is 1. The molecular weight excluding hydrogens is 314 g/mol. The lowest BCUT2D eigenvalue weighted by molar-refractivity contribution is 0.0792. The molecule has 0 radical (unpaired) electrons. The molecule has 25 heavy (non-hydrogen) atoms. The SMILES string of the molecule is Cc1nn(C(C)(C)C)c2nc(C(C)C)cc(C(=O)N3CC[C@@H](N)C3)c12. The van der Waals surface area contributed by atoms with Gasteiger partial charge in [0.2, 0.25) is 0 Å². The summed E-state index contributed by atoms with van der Waals surface area (Å²) < 4.78 is 1.94. The van der Waals surface area contributed by atoms with Crippen molar-refractivity contribution in [3.63, 3.8) is 0 Å². The van der Waals surface area contributed by atoms with Gasteiger partial charge in [0, 0.05) is 24.8 Å². The first-order chi connectivity index (χ1) is 11.6. The van der Waals surface area contributed by atoms with Crippen molar-refractivity contribution >= 4 is 16.9 Å². The Bertz CT molecular complexity index is 815. The summed E-state index contributed by atoms with van der Waals surface area (Å²) in [7, 11) is 0. The Labute approximate surface area is 149 Å². The van der Waals surface area contributed by atoms with Gasteiger partial charge in [-0.1, -0.05) is 13.8 Å². The summed E-state index contributed by atoms with van der Waals surface area (Å²) >= 11 is 0. The number of aryl methyl sites for hydroxylation is 1. The highest BCUT2D eigenvalue weighted by atomic mass is 16.2. The summed E-state index contributed by atoms with van der Waals surface area (Å²) in [5.41, 5.74) is 9.06. The van der Waals surface area contributed by atoms with E-state index in [4.69, 9.17) is 15.8 Å². The minimum atomic E-state index is -0.203. The Morgan fingerprint density at radius 2 is 2.04 bits per heavy atom. The number of likely N-dealkylation sites (tertiary alicyclic amines) is 1. The first kappa shape index (κ1) is 17.9. The van der Waals surface area contributed by atoms with E-state index < -0.39 is 0 Å². The molecular formula is C19H29N5O. The molecule has 2 aromatic heterocycles. The van der Waals surface area contributed by atoms with E-state index in [1.807, 2.05) is 22.6 Å². The van der Waals surface area contributed by atoms with Gasteiger partial charge in [-0.2, -0.15) is 5.10 Å². The maximum absolute atomic E-state index is 13.2. The molecule has 6 nitrogen and oxygen atoms in total. The van der Waals surface area contributed by atoms with E-state index in [9.17, 15) is 4.79 Å². The molecule has 1 saturated heterocycles. The molecule has 1 atom stereocenters. The second-order valence-electron chi connectivity index (χ2n) is 8.42. The van der Waals surface area contributed by atoms with Crippen LogP contribution in [0, 0.1) is 6.92 Å². The summed E-state index contributed by atoms with van der Waals surface area (Å²) in [6, 6.07) is 2.02. The van der Waals surface area contributed by atoms with Crippen LogP contribution in [-0.2, 0) is 5.54 Å². The topological polar surface area (TPSA) is 77.0 Å². The molecule has 3 rings (SSSR count). The van der Waals surface area contributed by atoms with Gasteiger partial charge < -0.3 is 10.6 Å². The lowest BCUT2D eigenvalue weighted by Gasteiger charge is -2.21. The molecule has 2 aromatic rings. The van der Waals surface area contributed by atoms with Crippen molar-refractivity contribution in [1.29, 1.82) is 0 Å². The van der Waals surface area contributed by atoms with E-state index in [1.54, 1.807) is 0 Å². The summed E-state index contributed by atoms with van der Waals surface area (Å²) in [6.07, 6.45) is 0.858. The van der Waals surface area contributed by atoms with Crippen LogP contribution >= 0.6 is 0 Å². The molecule has 136 valence electrons. The number of nitrogens with zero attached hydrogens (tertiary/aromatic N) is 4. The Kier molecular flexibility index (Phi) is 4.35. The number of aromatic nitrogens is 3. The van der Waals surface area contributed by atoms with Crippen LogP contribution in [0.1, 0.15) is 68.7 Å². The molecule has 1 aliphatic heterocycles. The zero-order chi connectivity index (χ0) is 18.5. The Balaban J connectivity index is 2.23. The molecule has 0 spiro atoms. The van der Waals surface area contributed by atoms with E-state index in [0.29, 0.717) is 18.7 Å². The third kappa shape index (κ3) is 3.15. The van der Waals surface area contributed by atoms with Crippen LogP contribution in [0.2, 0.25) is 0 Å². The predicted molar refractivity (Wildman–Crippen MR) is 99.8 cm³/mol. The van der Waals surface area contributed by atoms with E-state index in [0.717, 1.165) is 28.8 Å². The highest BCUT2D eigenvalue weighted by Crippen LogP contribution is 2.30. The van der Waals surface area contributed by atoms with Gasteiger partial charge >= 0.3 is 0 Å². The van der Waals surface area contributed by atoms with Crippen molar-refractivity contribution in [1.82, 2.24) is 19.7 Å². The number of carbonyl (C=O) groups excluding carboxylic acids is 1. The number of nitrogens with two attached hydrogens (primary N) is 1. The van der Waals surface area contributed by atoms with Gasteiger partial charge in [0.15, 0.2) is 5.65 Å². The van der Waals surface area contributed by atoms with Gasteiger partial charge in [0.1, 0.15) is 0 Å². The van der Waals surface area contributed by atoms with Gasteiger partial charge in [-0.15, -0.1) is 0 Å². The van der Waals surface area contributed by atoms with Crippen LogP contribution in [0.5, 0.6) is 0 Å². The van der Waals surface area contributed by atoms with Crippen LogP contribution in [0.15, 0.2) is 6.07 Å². The van der Waals surface area contributed by atoms with Crippen molar-refractivity contribution in [2.24, 2.45) is 5.73 Å². The van der Waals surface area contributed by atoms with Crippen LogP contribution < -0.4 is 5.73 Å². The lowest BCUT2D eigenvalue weighted by Crippen LogP contribution is -2.32. The maximum atomic E-state index is 13.2. The van der Waals surface area contributed by atoms with E-state index >= 15 is 0 Å². The third-order valence-corrected chi connectivity index (χ3v) is 4.80. The standard InChI is InChI=1S/C19H29N5O/c1-11(2)15-9-14(18(25)23-8-7-13(20)10-23)16-12(3)22-24(17(16)21-15)19(4,5)6/h9,11,13H,7-8,10,20H2,1-6H3/t13-/m1/s1. The van der Waals surface area contributed by atoms with E-state index in [-0.39, 0.29) is 23.4 Å². The second kappa shape index (κ2) is 6.09. The molecule has 0 aromatic carbocycles. The number of hydrogen-bond acceptors (Lipinski definition) is 4. The fourth-order valence-corrected chi connectivity index (χ4v) is 3.38. The van der Waals surface area contributed by atoms with Gasteiger partial charge in [-0.3, -0.25) is 4.79 Å². The van der Waals surface area contributed by atoms with Crippen LogP contribution in [0.4, 0.5) is 0 Å². The first-order valence-corrected chi connectivity index (χ1v) is 9.05. The van der Waals surface area contributed by atoms with E-state index in [2.05, 4.69) is 34.6 Å². The molecule has 1 amide bonds. The van der Waals surface area contributed by atoms with Crippen molar-refractivity contribution in [2.45, 2.75) is 65.5 Å². The number of carbonyl (C=O) groups is 1. The molecule has 2 N–H and O–H groups in total. The van der Waals surface area contributed by atoms with E-state index in [1.165, 1.54) is 0 Å². The van der Waals surface area contributed by atoms with Crippen LogP contribution in [0.25, 0.3) is 11.0 Å². The monoisotopic (exact) mass is 343 g/mol. The summed E-state index contributed by atoms with van der Waals surface area (Å²) in [5.74, 6) is 0.277. The van der Waals surface area contributed by atoms with Crippen molar-refractivity contribution in [2.75, 3.05) is 13.1 Å². The zero-order valence-electron chi connectivity index (χ0n) is 16.1. The van der Waals surface area contributed by atoms with Crippen LogP contribution in [0.3, 0.4) is 0 Å². The summed E-state index contributed by atoms with van der Waals surface area (Å²) in [4.78, 5) is 19.9. The number of fused-ring (bicyclic) bond motifs is 1. The minimum absolute atomic E-state index is 0.0406. The molecule has 1 aliphatic rings. The van der Waals surface area contributed by atoms with Gasteiger partial charge in [-0.25, -0.2) is 9.67 Å².